The molecule has 0 bridgehead atoms. The number of hydrogen-bond donors (Lipinski definition) is 0. The van der Waals surface area contributed by atoms with Crippen molar-refractivity contribution in [2.45, 2.75) is 0 Å². The van der Waals surface area contributed by atoms with Crippen LogP contribution < -0.4 is 0 Å². The molecule has 0 radical (unpaired) electrons. The third kappa shape index (κ3) is 7.43. The Morgan fingerprint density at radius 1 is 0.241 bits per heavy atom. The number of carbonyl (C=O) groups is 4. The van der Waals surface area contributed by atoms with Crippen molar-refractivity contribution in [1.82, 2.24) is 0 Å². The topological polar surface area (TPSA) is 68.3 Å². The molecule has 8 aromatic rings. The Balaban J connectivity index is 1.50. The Kier molecular flexibility index (Phi) is 10.8. The van der Waals surface area contributed by atoms with Crippen LogP contribution in [0.2, 0.25) is 0 Å². The molecule has 4 heteroatoms. The number of hydrogen-bond acceptors (Lipinski definition) is 4. The normalized spacial score (nSPS) is 10.7. The van der Waals surface area contributed by atoms with Crippen LogP contribution >= 0.6 is 0 Å². The number of aldehydes is 4. The van der Waals surface area contributed by atoms with Crippen molar-refractivity contribution in [3.63, 3.8) is 0 Å². The van der Waals surface area contributed by atoms with E-state index in [0.717, 1.165) is 69.7 Å². The van der Waals surface area contributed by atoms with Crippen LogP contribution in [-0.4, -0.2) is 25.1 Å². The standard InChI is InChI=1S/C54H36O4/c55-33-45-29-41(37-13-5-1-6-14-37)21-25-49(45)53(50-26-22-42(30-46(50)34-56)38-15-7-2-8-16-38)54(51-27-23-43(31-47(51)35-57)39-17-9-3-10-18-39)52-28-24-44(32-48(52)36-58)40-19-11-4-12-20-40/h1-36H. The Hall–Kier alpha value is -7.82. The van der Waals surface area contributed by atoms with Crippen LogP contribution in [0.15, 0.2) is 194 Å². The minimum Gasteiger partial charge on any atom is -0.298 e. The average Bonchev–Trinajstić information content (AvgIpc) is 3.31. The van der Waals surface area contributed by atoms with Crippen molar-refractivity contribution >= 4 is 36.3 Å². The summed E-state index contributed by atoms with van der Waals surface area (Å²) in [4.78, 5) is 53.1. The lowest BCUT2D eigenvalue weighted by molar-refractivity contribution is 0.111. The van der Waals surface area contributed by atoms with E-state index < -0.39 is 0 Å². The van der Waals surface area contributed by atoms with Crippen LogP contribution in [0.1, 0.15) is 63.7 Å². The minimum atomic E-state index is 0.375. The summed E-state index contributed by atoms with van der Waals surface area (Å²) in [6.07, 6.45) is 3.26. The second-order valence-corrected chi connectivity index (χ2v) is 13.9. The molecule has 0 spiro atoms. The van der Waals surface area contributed by atoms with Crippen molar-refractivity contribution in [1.29, 1.82) is 0 Å². The van der Waals surface area contributed by atoms with Crippen molar-refractivity contribution < 1.29 is 19.2 Å². The van der Waals surface area contributed by atoms with Gasteiger partial charge in [-0.25, -0.2) is 0 Å². The zero-order chi connectivity index (χ0) is 39.8. The highest BCUT2D eigenvalue weighted by Gasteiger charge is 2.25. The molecular weight excluding hydrogens is 713 g/mol. The minimum absolute atomic E-state index is 0.375. The summed E-state index contributed by atoms with van der Waals surface area (Å²) in [5.74, 6) is 0. The first-order valence-corrected chi connectivity index (χ1v) is 18.9. The zero-order valence-electron chi connectivity index (χ0n) is 31.4. The van der Waals surface area contributed by atoms with Crippen molar-refractivity contribution in [3.05, 3.63) is 239 Å². The maximum absolute atomic E-state index is 13.3. The van der Waals surface area contributed by atoms with Gasteiger partial charge in [0.1, 0.15) is 0 Å². The van der Waals surface area contributed by atoms with Crippen LogP contribution in [-0.2, 0) is 0 Å². The predicted octanol–water partition coefficient (Wildman–Crippen LogP) is 12.6. The molecule has 0 heterocycles. The van der Waals surface area contributed by atoms with E-state index in [-0.39, 0.29) is 0 Å². The summed E-state index contributed by atoms with van der Waals surface area (Å²) in [5.41, 5.74) is 11.8. The van der Waals surface area contributed by atoms with Crippen LogP contribution in [0.3, 0.4) is 0 Å². The van der Waals surface area contributed by atoms with Gasteiger partial charge in [-0.3, -0.25) is 19.2 Å². The largest absolute Gasteiger partial charge is 0.298 e. The van der Waals surface area contributed by atoms with Crippen molar-refractivity contribution in [2.24, 2.45) is 0 Å². The van der Waals surface area contributed by atoms with Crippen molar-refractivity contribution in [2.75, 3.05) is 0 Å². The molecule has 0 aliphatic carbocycles. The van der Waals surface area contributed by atoms with Crippen molar-refractivity contribution in [3.8, 4) is 44.5 Å². The molecule has 0 aliphatic rings. The van der Waals surface area contributed by atoms with E-state index in [4.69, 9.17) is 0 Å². The molecule has 0 saturated carbocycles. The Morgan fingerprint density at radius 2 is 0.448 bits per heavy atom. The molecule has 0 unspecified atom stereocenters. The third-order valence-electron chi connectivity index (χ3n) is 10.5. The lowest BCUT2D eigenvalue weighted by Crippen LogP contribution is -2.07. The van der Waals surface area contributed by atoms with Crippen LogP contribution in [0, 0.1) is 0 Å². The smallest absolute Gasteiger partial charge is 0.150 e. The highest BCUT2D eigenvalue weighted by Crippen LogP contribution is 2.43. The first-order chi connectivity index (χ1) is 28.6. The van der Waals surface area contributed by atoms with Gasteiger partial charge in [0, 0.05) is 22.3 Å². The summed E-state index contributed by atoms with van der Waals surface area (Å²) in [6.45, 7) is 0. The molecule has 0 aliphatic heterocycles. The molecule has 4 nitrogen and oxygen atoms in total. The maximum atomic E-state index is 13.3. The number of benzene rings is 8. The molecule has 58 heavy (non-hydrogen) atoms. The first kappa shape index (κ1) is 37.1. The molecular formula is C54H36O4. The summed E-state index contributed by atoms with van der Waals surface area (Å²) in [7, 11) is 0. The SMILES string of the molecule is O=Cc1cc(-c2ccccc2)ccc1C(=C(c1ccc(-c2ccccc2)cc1C=O)c1ccc(-c2ccccc2)cc1C=O)c1ccc(-c2ccccc2)cc1C=O. The van der Waals surface area contributed by atoms with E-state index in [1.54, 1.807) is 0 Å². The molecule has 0 fully saturated rings. The van der Waals surface area contributed by atoms with E-state index in [9.17, 15) is 19.2 Å². The maximum Gasteiger partial charge on any atom is 0.150 e. The van der Waals surface area contributed by atoms with Gasteiger partial charge in [-0.1, -0.05) is 170 Å². The predicted molar refractivity (Wildman–Crippen MR) is 234 cm³/mol. The third-order valence-corrected chi connectivity index (χ3v) is 10.5. The number of rotatable bonds is 12. The monoisotopic (exact) mass is 748 g/mol. The molecule has 0 atom stereocenters. The van der Waals surface area contributed by atoms with Gasteiger partial charge in [-0.05, 0) is 102 Å². The second-order valence-electron chi connectivity index (χ2n) is 13.9. The van der Waals surface area contributed by atoms with Gasteiger partial charge in [-0.15, -0.1) is 0 Å². The zero-order valence-corrected chi connectivity index (χ0v) is 31.4. The Bertz CT molecular complexity index is 2430. The van der Waals surface area contributed by atoms with E-state index in [1.807, 2.05) is 194 Å². The van der Waals surface area contributed by atoms with E-state index in [0.29, 0.717) is 55.7 Å². The fourth-order valence-electron chi connectivity index (χ4n) is 7.62. The molecule has 0 amide bonds. The van der Waals surface area contributed by atoms with Gasteiger partial charge in [0.05, 0.1) is 0 Å². The highest BCUT2D eigenvalue weighted by molar-refractivity contribution is 6.13. The van der Waals surface area contributed by atoms with Gasteiger partial charge in [0.15, 0.2) is 25.1 Å². The van der Waals surface area contributed by atoms with Crippen LogP contribution in [0.4, 0.5) is 0 Å². The van der Waals surface area contributed by atoms with Gasteiger partial charge >= 0.3 is 0 Å². The lowest BCUT2D eigenvalue weighted by Gasteiger charge is -2.23. The highest BCUT2D eigenvalue weighted by atomic mass is 16.1. The fraction of sp³-hybridized carbons (Fsp3) is 0. The Labute approximate surface area is 337 Å². The average molecular weight is 749 g/mol. The second kappa shape index (κ2) is 16.9. The van der Waals surface area contributed by atoms with E-state index >= 15 is 0 Å². The summed E-state index contributed by atoms with van der Waals surface area (Å²) >= 11 is 0. The number of carbonyl (C=O) groups excluding carboxylic acids is 4. The fourth-order valence-corrected chi connectivity index (χ4v) is 7.62. The molecule has 8 aromatic carbocycles. The van der Waals surface area contributed by atoms with Gasteiger partial charge in [0.25, 0.3) is 0 Å². The van der Waals surface area contributed by atoms with E-state index in [2.05, 4.69) is 0 Å². The quantitative estimate of drug-likeness (QED) is 0.0921. The van der Waals surface area contributed by atoms with Gasteiger partial charge in [0.2, 0.25) is 0 Å². The van der Waals surface area contributed by atoms with Crippen LogP contribution in [0.5, 0.6) is 0 Å². The van der Waals surface area contributed by atoms with E-state index in [1.165, 1.54) is 0 Å². The summed E-state index contributed by atoms with van der Waals surface area (Å²) < 4.78 is 0. The van der Waals surface area contributed by atoms with Gasteiger partial charge < -0.3 is 0 Å². The molecule has 8 rings (SSSR count). The Morgan fingerprint density at radius 3 is 0.638 bits per heavy atom. The summed E-state index contributed by atoms with van der Waals surface area (Å²) in [5, 5.41) is 0. The molecule has 0 N–H and O–H groups in total. The van der Waals surface area contributed by atoms with Crippen LogP contribution in [0.25, 0.3) is 55.7 Å². The first-order valence-electron chi connectivity index (χ1n) is 18.9. The molecule has 276 valence electrons. The van der Waals surface area contributed by atoms with Gasteiger partial charge in [-0.2, -0.15) is 0 Å². The molecule has 0 aromatic heterocycles. The summed E-state index contributed by atoms with van der Waals surface area (Å²) in [6, 6.07) is 61.8. The molecule has 0 saturated heterocycles. The lowest BCUT2D eigenvalue weighted by atomic mass is 9.79.